The Morgan fingerprint density at radius 3 is 3.00 bits per heavy atom. The SMILES string of the molecule is O=CN1CCC(Oc2cccc(NCCN3CCOCC3)n2)C1. The van der Waals surface area contributed by atoms with Gasteiger partial charge in [-0.15, -0.1) is 0 Å². The Morgan fingerprint density at radius 1 is 1.35 bits per heavy atom. The highest BCUT2D eigenvalue weighted by molar-refractivity contribution is 5.47. The van der Waals surface area contributed by atoms with Crippen LogP contribution in [0.25, 0.3) is 0 Å². The van der Waals surface area contributed by atoms with Gasteiger partial charge in [-0.25, -0.2) is 0 Å². The van der Waals surface area contributed by atoms with E-state index in [2.05, 4.69) is 15.2 Å². The number of morpholine rings is 1. The predicted molar refractivity (Wildman–Crippen MR) is 86.7 cm³/mol. The quantitative estimate of drug-likeness (QED) is 0.735. The van der Waals surface area contributed by atoms with Crippen LogP contribution in [-0.2, 0) is 9.53 Å². The molecule has 7 heteroatoms. The number of anilines is 1. The third kappa shape index (κ3) is 4.80. The Labute approximate surface area is 136 Å². The summed E-state index contributed by atoms with van der Waals surface area (Å²) in [5, 5.41) is 3.34. The van der Waals surface area contributed by atoms with Gasteiger partial charge in [0.25, 0.3) is 0 Å². The minimum absolute atomic E-state index is 0.0382. The molecule has 3 heterocycles. The Balaban J connectivity index is 1.44. The largest absolute Gasteiger partial charge is 0.472 e. The van der Waals surface area contributed by atoms with Gasteiger partial charge < -0.3 is 19.7 Å². The first-order valence-corrected chi connectivity index (χ1v) is 8.20. The van der Waals surface area contributed by atoms with E-state index >= 15 is 0 Å². The number of nitrogens with zero attached hydrogens (tertiary/aromatic N) is 3. The van der Waals surface area contributed by atoms with Gasteiger partial charge in [0.15, 0.2) is 0 Å². The molecule has 126 valence electrons. The summed E-state index contributed by atoms with van der Waals surface area (Å²) in [5.41, 5.74) is 0. The van der Waals surface area contributed by atoms with Gasteiger partial charge in [-0.3, -0.25) is 9.69 Å². The molecule has 0 aromatic carbocycles. The number of carbonyl (C=O) groups is 1. The highest BCUT2D eigenvalue weighted by Crippen LogP contribution is 2.17. The molecular weight excluding hydrogens is 296 g/mol. The van der Waals surface area contributed by atoms with Crippen LogP contribution >= 0.6 is 0 Å². The molecule has 23 heavy (non-hydrogen) atoms. The van der Waals surface area contributed by atoms with E-state index in [9.17, 15) is 4.79 Å². The number of pyridine rings is 1. The zero-order valence-corrected chi connectivity index (χ0v) is 13.3. The fraction of sp³-hybridized carbons (Fsp3) is 0.625. The van der Waals surface area contributed by atoms with Crippen LogP contribution in [0.1, 0.15) is 6.42 Å². The lowest BCUT2D eigenvalue weighted by Gasteiger charge is -2.26. The van der Waals surface area contributed by atoms with Crippen LogP contribution < -0.4 is 10.1 Å². The van der Waals surface area contributed by atoms with E-state index in [0.29, 0.717) is 12.4 Å². The van der Waals surface area contributed by atoms with Crippen molar-refractivity contribution in [2.75, 3.05) is 57.8 Å². The molecular formula is C16H24N4O3. The topological polar surface area (TPSA) is 66.9 Å². The summed E-state index contributed by atoms with van der Waals surface area (Å²) >= 11 is 0. The second-order valence-electron chi connectivity index (χ2n) is 5.87. The summed E-state index contributed by atoms with van der Waals surface area (Å²) in [5.74, 6) is 1.43. The van der Waals surface area contributed by atoms with Gasteiger partial charge in [0.2, 0.25) is 12.3 Å². The smallest absolute Gasteiger partial charge is 0.215 e. The van der Waals surface area contributed by atoms with Gasteiger partial charge in [0, 0.05) is 45.2 Å². The van der Waals surface area contributed by atoms with E-state index in [1.165, 1.54) is 0 Å². The fourth-order valence-electron chi connectivity index (χ4n) is 2.86. The Morgan fingerprint density at radius 2 is 2.22 bits per heavy atom. The van der Waals surface area contributed by atoms with Gasteiger partial charge in [0.1, 0.15) is 11.9 Å². The molecule has 0 saturated carbocycles. The minimum Gasteiger partial charge on any atom is -0.472 e. The van der Waals surface area contributed by atoms with Crippen molar-refractivity contribution in [2.24, 2.45) is 0 Å². The number of amides is 1. The number of hydrogen-bond donors (Lipinski definition) is 1. The summed E-state index contributed by atoms with van der Waals surface area (Å²) < 4.78 is 11.2. The summed E-state index contributed by atoms with van der Waals surface area (Å²) in [6.07, 6.45) is 1.77. The summed E-state index contributed by atoms with van der Waals surface area (Å²) in [6, 6.07) is 5.74. The highest BCUT2D eigenvalue weighted by Gasteiger charge is 2.23. The summed E-state index contributed by atoms with van der Waals surface area (Å²) in [4.78, 5) is 19.3. The molecule has 0 aliphatic carbocycles. The maximum Gasteiger partial charge on any atom is 0.215 e. The molecule has 0 spiro atoms. The van der Waals surface area contributed by atoms with E-state index in [1.807, 2.05) is 18.2 Å². The molecule has 2 fully saturated rings. The fourth-order valence-corrected chi connectivity index (χ4v) is 2.86. The molecule has 0 bridgehead atoms. The van der Waals surface area contributed by atoms with Crippen molar-refractivity contribution in [1.82, 2.24) is 14.8 Å². The van der Waals surface area contributed by atoms with Crippen LogP contribution in [0.5, 0.6) is 5.88 Å². The van der Waals surface area contributed by atoms with Gasteiger partial charge in [-0.05, 0) is 6.07 Å². The van der Waals surface area contributed by atoms with Crippen molar-refractivity contribution < 1.29 is 14.3 Å². The number of rotatable bonds is 7. The molecule has 1 amide bonds. The normalized spacial score (nSPS) is 22.1. The molecule has 1 unspecified atom stereocenters. The Kier molecular flexibility index (Phi) is 5.65. The number of hydrogen-bond acceptors (Lipinski definition) is 6. The first kappa shape index (κ1) is 16.0. The third-order valence-electron chi connectivity index (χ3n) is 4.17. The Hall–Kier alpha value is -1.86. The van der Waals surface area contributed by atoms with Crippen molar-refractivity contribution in [3.05, 3.63) is 18.2 Å². The minimum atomic E-state index is 0.0382. The molecule has 3 rings (SSSR count). The lowest BCUT2D eigenvalue weighted by molar-refractivity contribution is -0.117. The molecule has 1 N–H and O–H groups in total. The lowest BCUT2D eigenvalue weighted by Crippen LogP contribution is -2.39. The third-order valence-corrected chi connectivity index (χ3v) is 4.17. The van der Waals surface area contributed by atoms with Crippen LogP contribution in [0.2, 0.25) is 0 Å². The zero-order valence-electron chi connectivity index (χ0n) is 13.3. The zero-order chi connectivity index (χ0) is 15.9. The molecule has 2 aliphatic rings. The van der Waals surface area contributed by atoms with Crippen LogP contribution in [0, 0.1) is 0 Å². The highest BCUT2D eigenvalue weighted by atomic mass is 16.5. The Bertz CT molecular complexity index is 508. The van der Waals surface area contributed by atoms with Crippen LogP contribution in [0.3, 0.4) is 0 Å². The van der Waals surface area contributed by atoms with Crippen LogP contribution in [0.15, 0.2) is 18.2 Å². The van der Waals surface area contributed by atoms with Gasteiger partial charge in [0.05, 0.1) is 19.8 Å². The van der Waals surface area contributed by atoms with Crippen molar-refractivity contribution >= 4 is 12.2 Å². The van der Waals surface area contributed by atoms with Crippen LogP contribution in [-0.4, -0.2) is 79.8 Å². The summed E-state index contributed by atoms with van der Waals surface area (Å²) in [7, 11) is 0. The first-order chi connectivity index (χ1) is 11.3. The van der Waals surface area contributed by atoms with E-state index in [0.717, 1.165) is 64.6 Å². The number of ether oxygens (including phenoxy) is 2. The first-order valence-electron chi connectivity index (χ1n) is 8.20. The van der Waals surface area contributed by atoms with Gasteiger partial charge in [-0.2, -0.15) is 4.98 Å². The van der Waals surface area contributed by atoms with E-state index in [-0.39, 0.29) is 6.10 Å². The predicted octanol–water partition coefficient (Wildman–Crippen LogP) is 0.435. The molecule has 1 aromatic rings. The molecule has 1 aromatic heterocycles. The van der Waals surface area contributed by atoms with E-state index in [1.54, 1.807) is 4.90 Å². The van der Waals surface area contributed by atoms with E-state index in [4.69, 9.17) is 9.47 Å². The average Bonchev–Trinajstić information content (AvgIpc) is 3.04. The van der Waals surface area contributed by atoms with Crippen LogP contribution in [0.4, 0.5) is 5.82 Å². The van der Waals surface area contributed by atoms with Crippen molar-refractivity contribution in [3.8, 4) is 5.88 Å². The average molecular weight is 320 g/mol. The summed E-state index contributed by atoms with van der Waals surface area (Å²) in [6.45, 7) is 6.85. The molecule has 1 atom stereocenters. The number of likely N-dealkylation sites (tertiary alicyclic amines) is 1. The molecule has 0 radical (unpaired) electrons. The maximum atomic E-state index is 10.7. The molecule has 7 nitrogen and oxygen atoms in total. The maximum absolute atomic E-state index is 10.7. The van der Waals surface area contributed by atoms with Crippen molar-refractivity contribution in [2.45, 2.75) is 12.5 Å². The van der Waals surface area contributed by atoms with Crippen molar-refractivity contribution in [1.29, 1.82) is 0 Å². The molecule has 2 aliphatic heterocycles. The van der Waals surface area contributed by atoms with E-state index < -0.39 is 0 Å². The second kappa shape index (κ2) is 8.12. The van der Waals surface area contributed by atoms with Gasteiger partial charge >= 0.3 is 0 Å². The number of nitrogens with one attached hydrogen (secondary N) is 1. The van der Waals surface area contributed by atoms with Gasteiger partial charge in [-0.1, -0.05) is 6.07 Å². The standard InChI is InChI=1S/C16H24N4O3/c21-13-20-6-4-14(12-20)23-16-3-1-2-15(18-16)17-5-7-19-8-10-22-11-9-19/h1-3,13-14H,4-12H2,(H,17,18). The number of carbonyl (C=O) groups excluding carboxylic acids is 1. The van der Waals surface area contributed by atoms with Crippen molar-refractivity contribution in [3.63, 3.8) is 0 Å². The monoisotopic (exact) mass is 320 g/mol. The molecule has 2 saturated heterocycles. The lowest BCUT2D eigenvalue weighted by atomic mass is 10.3. The number of aromatic nitrogens is 1. The second-order valence-corrected chi connectivity index (χ2v) is 5.87.